The average molecular weight is 339 g/mol. The van der Waals surface area contributed by atoms with Crippen molar-refractivity contribution in [3.05, 3.63) is 59.2 Å². The molecule has 1 aliphatic rings. The van der Waals surface area contributed by atoms with Gasteiger partial charge >= 0.3 is 0 Å². The van der Waals surface area contributed by atoms with E-state index in [1.54, 1.807) is 21.1 Å². The van der Waals surface area contributed by atoms with Crippen molar-refractivity contribution >= 4 is 5.91 Å². The summed E-state index contributed by atoms with van der Waals surface area (Å²) < 4.78 is 10.9. The zero-order chi connectivity index (χ0) is 17.8. The van der Waals surface area contributed by atoms with Gasteiger partial charge in [-0.2, -0.15) is 0 Å². The SMILES string of the molecule is COc1cc2c(cc1OC)C(CCc1ccccc1)N(C(C)=O)CC2. The zero-order valence-electron chi connectivity index (χ0n) is 15.1. The fraction of sp³-hybridized carbons (Fsp3) is 0.381. The molecule has 0 bridgehead atoms. The minimum Gasteiger partial charge on any atom is -0.493 e. The van der Waals surface area contributed by atoms with Gasteiger partial charge in [-0.1, -0.05) is 30.3 Å². The maximum Gasteiger partial charge on any atom is 0.219 e. The van der Waals surface area contributed by atoms with E-state index in [-0.39, 0.29) is 11.9 Å². The molecule has 25 heavy (non-hydrogen) atoms. The van der Waals surface area contributed by atoms with Crippen molar-refractivity contribution in [2.45, 2.75) is 32.2 Å². The van der Waals surface area contributed by atoms with Gasteiger partial charge in [-0.15, -0.1) is 0 Å². The maximum absolute atomic E-state index is 12.2. The zero-order valence-corrected chi connectivity index (χ0v) is 15.1. The molecule has 0 fully saturated rings. The van der Waals surface area contributed by atoms with Crippen LogP contribution in [-0.4, -0.2) is 31.6 Å². The van der Waals surface area contributed by atoms with E-state index in [2.05, 4.69) is 30.3 Å². The van der Waals surface area contributed by atoms with Crippen LogP contribution in [0.3, 0.4) is 0 Å². The number of nitrogens with zero attached hydrogens (tertiary/aromatic N) is 1. The highest BCUT2D eigenvalue weighted by atomic mass is 16.5. The van der Waals surface area contributed by atoms with Crippen molar-refractivity contribution < 1.29 is 14.3 Å². The van der Waals surface area contributed by atoms with Gasteiger partial charge in [-0.05, 0) is 48.1 Å². The number of hydrogen-bond donors (Lipinski definition) is 0. The first-order valence-corrected chi connectivity index (χ1v) is 8.70. The number of amides is 1. The standard InChI is InChI=1S/C21H25NO3/c1-15(23)22-12-11-17-13-20(24-2)21(25-3)14-18(17)19(22)10-9-16-7-5-4-6-8-16/h4-8,13-14,19H,9-12H2,1-3H3. The highest BCUT2D eigenvalue weighted by molar-refractivity contribution is 5.74. The molecule has 0 radical (unpaired) electrons. The minimum absolute atomic E-state index is 0.0706. The lowest BCUT2D eigenvalue weighted by molar-refractivity contribution is -0.131. The molecule has 1 atom stereocenters. The van der Waals surface area contributed by atoms with E-state index in [1.807, 2.05) is 17.0 Å². The van der Waals surface area contributed by atoms with Gasteiger partial charge in [0.25, 0.3) is 0 Å². The first kappa shape index (κ1) is 17.3. The molecular weight excluding hydrogens is 314 g/mol. The molecule has 1 aliphatic heterocycles. The van der Waals surface area contributed by atoms with Gasteiger partial charge in [0.05, 0.1) is 20.3 Å². The first-order chi connectivity index (χ1) is 12.1. The highest BCUT2D eigenvalue weighted by Gasteiger charge is 2.30. The molecule has 0 N–H and O–H groups in total. The van der Waals surface area contributed by atoms with Gasteiger partial charge in [-0.25, -0.2) is 0 Å². The second-order valence-electron chi connectivity index (χ2n) is 6.41. The molecule has 3 rings (SSSR count). The van der Waals surface area contributed by atoms with Gasteiger partial charge < -0.3 is 14.4 Å². The highest BCUT2D eigenvalue weighted by Crippen LogP contribution is 2.39. The normalized spacial score (nSPS) is 16.3. The van der Waals surface area contributed by atoms with Crippen molar-refractivity contribution in [3.8, 4) is 11.5 Å². The summed E-state index contributed by atoms with van der Waals surface area (Å²) in [7, 11) is 3.30. The summed E-state index contributed by atoms with van der Waals surface area (Å²) in [5, 5.41) is 0. The number of carbonyl (C=O) groups is 1. The van der Waals surface area contributed by atoms with Crippen LogP contribution in [0.2, 0.25) is 0 Å². The van der Waals surface area contributed by atoms with Crippen LogP contribution in [0.1, 0.15) is 36.1 Å². The third-order valence-corrected chi connectivity index (χ3v) is 4.96. The van der Waals surface area contributed by atoms with Crippen molar-refractivity contribution in [1.82, 2.24) is 4.90 Å². The second kappa shape index (κ2) is 7.60. The fourth-order valence-electron chi connectivity index (χ4n) is 3.66. The summed E-state index contributed by atoms with van der Waals surface area (Å²) in [4.78, 5) is 14.2. The molecule has 132 valence electrons. The lowest BCUT2D eigenvalue weighted by atomic mass is 9.88. The number of methoxy groups -OCH3 is 2. The quantitative estimate of drug-likeness (QED) is 0.832. The summed E-state index contributed by atoms with van der Waals surface area (Å²) in [6, 6.07) is 14.6. The number of fused-ring (bicyclic) bond motifs is 1. The Balaban J connectivity index is 1.93. The predicted molar refractivity (Wildman–Crippen MR) is 98.1 cm³/mol. The number of ether oxygens (including phenoxy) is 2. The molecule has 0 aromatic heterocycles. The van der Waals surface area contributed by atoms with Crippen molar-refractivity contribution in [3.63, 3.8) is 0 Å². The van der Waals surface area contributed by atoms with Crippen molar-refractivity contribution in [2.75, 3.05) is 20.8 Å². The van der Waals surface area contributed by atoms with Crippen LogP contribution in [-0.2, 0) is 17.6 Å². The van der Waals surface area contributed by atoms with Crippen LogP contribution in [0.25, 0.3) is 0 Å². The second-order valence-corrected chi connectivity index (χ2v) is 6.41. The molecule has 4 nitrogen and oxygen atoms in total. The van der Waals surface area contributed by atoms with Gasteiger partial charge in [0.2, 0.25) is 5.91 Å². The molecule has 4 heteroatoms. The Morgan fingerprint density at radius 2 is 1.80 bits per heavy atom. The fourth-order valence-corrected chi connectivity index (χ4v) is 3.66. The molecule has 0 saturated carbocycles. The Morgan fingerprint density at radius 1 is 1.12 bits per heavy atom. The van der Waals surface area contributed by atoms with Gasteiger partial charge in [0.1, 0.15) is 0 Å². The molecule has 0 aliphatic carbocycles. The van der Waals surface area contributed by atoms with E-state index in [0.29, 0.717) is 0 Å². The minimum atomic E-state index is 0.0706. The van der Waals surface area contributed by atoms with E-state index in [0.717, 1.165) is 37.3 Å². The van der Waals surface area contributed by atoms with Crippen LogP contribution in [0.4, 0.5) is 0 Å². The Bertz CT molecular complexity index is 742. The van der Waals surface area contributed by atoms with Crippen LogP contribution in [0, 0.1) is 0 Å². The molecule has 2 aromatic rings. The van der Waals surface area contributed by atoms with Crippen LogP contribution < -0.4 is 9.47 Å². The molecular formula is C21H25NO3. The Hall–Kier alpha value is -2.49. The largest absolute Gasteiger partial charge is 0.493 e. The number of carbonyl (C=O) groups excluding carboxylic acids is 1. The van der Waals surface area contributed by atoms with Gasteiger partial charge in [0, 0.05) is 13.5 Å². The van der Waals surface area contributed by atoms with Crippen LogP contribution in [0.5, 0.6) is 11.5 Å². The number of benzene rings is 2. The molecule has 1 heterocycles. The van der Waals surface area contributed by atoms with E-state index in [1.165, 1.54) is 16.7 Å². The summed E-state index contributed by atoms with van der Waals surface area (Å²) in [5.74, 6) is 1.59. The van der Waals surface area contributed by atoms with E-state index < -0.39 is 0 Å². The first-order valence-electron chi connectivity index (χ1n) is 8.70. The summed E-state index contributed by atoms with van der Waals surface area (Å²) >= 11 is 0. The monoisotopic (exact) mass is 339 g/mol. The Morgan fingerprint density at radius 3 is 2.44 bits per heavy atom. The summed E-state index contributed by atoms with van der Waals surface area (Å²) in [6.45, 7) is 2.40. The predicted octanol–water partition coefficient (Wildman–Crippen LogP) is 3.78. The van der Waals surface area contributed by atoms with Crippen molar-refractivity contribution in [1.29, 1.82) is 0 Å². The number of hydrogen-bond acceptors (Lipinski definition) is 3. The lowest BCUT2D eigenvalue weighted by Gasteiger charge is -2.37. The number of aryl methyl sites for hydroxylation is 1. The van der Waals surface area contributed by atoms with Crippen molar-refractivity contribution in [2.24, 2.45) is 0 Å². The molecule has 2 aromatic carbocycles. The molecule has 0 spiro atoms. The number of rotatable bonds is 5. The lowest BCUT2D eigenvalue weighted by Crippen LogP contribution is -2.39. The van der Waals surface area contributed by atoms with E-state index in [9.17, 15) is 4.79 Å². The van der Waals surface area contributed by atoms with E-state index >= 15 is 0 Å². The molecule has 1 unspecified atom stereocenters. The Kier molecular flexibility index (Phi) is 5.27. The van der Waals surface area contributed by atoms with Gasteiger partial charge in [-0.3, -0.25) is 4.79 Å². The smallest absolute Gasteiger partial charge is 0.219 e. The molecule has 0 saturated heterocycles. The average Bonchev–Trinajstić information content (AvgIpc) is 2.65. The third-order valence-electron chi connectivity index (χ3n) is 4.96. The Labute approximate surface area is 149 Å². The summed E-state index contributed by atoms with van der Waals surface area (Å²) in [5.41, 5.74) is 3.71. The van der Waals surface area contributed by atoms with Crippen LogP contribution >= 0.6 is 0 Å². The topological polar surface area (TPSA) is 38.8 Å². The van der Waals surface area contributed by atoms with E-state index in [4.69, 9.17) is 9.47 Å². The third kappa shape index (κ3) is 3.63. The van der Waals surface area contributed by atoms with Gasteiger partial charge in [0.15, 0.2) is 11.5 Å². The maximum atomic E-state index is 12.2. The molecule has 1 amide bonds. The summed E-state index contributed by atoms with van der Waals surface area (Å²) in [6.07, 6.45) is 2.67. The van der Waals surface area contributed by atoms with Crippen LogP contribution in [0.15, 0.2) is 42.5 Å².